The Hall–Kier alpha value is -0.900. The van der Waals surface area contributed by atoms with Crippen molar-refractivity contribution in [1.82, 2.24) is 20.1 Å². The van der Waals surface area contributed by atoms with Gasteiger partial charge in [0.2, 0.25) is 0 Å². The van der Waals surface area contributed by atoms with Gasteiger partial charge in [-0.3, -0.25) is 0 Å². The summed E-state index contributed by atoms with van der Waals surface area (Å²) in [5.41, 5.74) is 0. The Morgan fingerprint density at radius 2 is 2.00 bits per heavy atom. The standard InChI is InChI=1S/C14H28N4/c1-6-13(12(5)15-7-2)8-14-16-10-17-18(14)9-11(3)4/h10-13,15H,6-9H2,1-5H3. The second-order valence-electron chi connectivity index (χ2n) is 5.47. The molecule has 1 aromatic heterocycles. The van der Waals surface area contributed by atoms with Crippen LogP contribution >= 0.6 is 0 Å². The fraction of sp³-hybridized carbons (Fsp3) is 0.857. The van der Waals surface area contributed by atoms with Crippen LogP contribution in [0.4, 0.5) is 0 Å². The van der Waals surface area contributed by atoms with Crippen molar-refractivity contribution in [2.45, 2.75) is 60.0 Å². The average Bonchev–Trinajstić information content (AvgIpc) is 2.72. The second kappa shape index (κ2) is 7.52. The zero-order chi connectivity index (χ0) is 13.5. The maximum Gasteiger partial charge on any atom is 0.138 e. The lowest BCUT2D eigenvalue weighted by Crippen LogP contribution is -2.34. The fourth-order valence-electron chi connectivity index (χ4n) is 2.34. The van der Waals surface area contributed by atoms with Gasteiger partial charge in [0.15, 0.2) is 0 Å². The van der Waals surface area contributed by atoms with Gasteiger partial charge in [0.05, 0.1) is 0 Å². The first-order valence-electron chi connectivity index (χ1n) is 7.18. The molecule has 104 valence electrons. The summed E-state index contributed by atoms with van der Waals surface area (Å²) in [7, 11) is 0. The largest absolute Gasteiger partial charge is 0.314 e. The molecule has 0 radical (unpaired) electrons. The molecule has 1 aromatic rings. The predicted molar refractivity (Wildman–Crippen MR) is 75.5 cm³/mol. The van der Waals surface area contributed by atoms with Gasteiger partial charge in [-0.15, -0.1) is 0 Å². The summed E-state index contributed by atoms with van der Waals surface area (Å²) in [4.78, 5) is 4.42. The molecule has 0 aliphatic heterocycles. The molecule has 0 spiro atoms. The maximum absolute atomic E-state index is 4.42. The van der Waals surface area contributed by atoms with Crippen LogP contribution in [0.1, 0.15) is 46.9 Å². The Morgan fingerprint density at radius 3 is 2.56 bits per heavy atom. The van der Waals surface area contributed by atoms with Gasteiger partial charge in [-0.2, -0.15) is 5.10 Å². The van der Waals surface area contributed by atoms with E-state index in [-0.39, 0.29) is 0 Å². The highest BCUT2D eigenvalue weighted by atomic mass is 15.3. The number of hydrogen-bond acceptors (Lipinski definition) is 3. The van der Waals surface area contributed by atoms with Crippen molar-refractivity contribution in [3.8, 4) is 0 Å². The quantitative estimate of drug-likeness (QED) is 0.773. The third kappa shape index (κ3) is 4.41. The molecule has 1 rings (SSSR count). The Bertz CT molecular complexity index is 332. The zero-order valence-electron chi connectivity index (χ0n) is 12.5. The minimum Gasteiger partial charge on any atom is -0.314 e. The van der Waals surface area contributed by atoms with Gasteiger partial charge in [-0.25, -0.2) is 9.67 Å². The van der Waals surface area contributed by atoms with Gasteiger partial charge < -0.3 is 5.32 Å². The van der Waals surface area contributed by atoms with E-state index in [4.69, 9.17) is 0 Å². The van der Waals surface area contributed by atoms with Crippen LogP contribution in [0.15, 0.2) is 6.33 Å². The minimum absolute atomic E-state index is 0.532. The first kappa shape index (κ1) is 15.2. The molecule has 0 saturated carbocycles. The molecule has 4 heteroatoms. The van der Waals surface area contributed by atoms with Crippen molar-refractivity contribution in [1.29, 1.82) is 0 Å². The van der Waals surface area contributed by atoms with Crippen LogP contribution in [-0.2, 0) is 13.0 Å². The van der Waals surface area contributed by atoms with E-state index in [1.54, 1.807) is 6.33 Å². The number of aromatic nitrogens is 3. The van der Waals surface area contributed by atoms with Crippen LogP contribution in [-0.4, -0.2) is 27.4 Å². The van der Waals surface area contributed by atoms with Gasteiger partial charge in [0, 0.05) is 19.0 Å². The topological polar surface area (TPSA) is 42.7 Å². The van der Waals surface area contributed by atoms with Crippen molar-refractivity contribution in [2.75, 3.05) is 6.54 Å². The lowest BCUT2D eigenvalue weighted by molar-refractivity contribution is 0.350. The number of nitrogens with one attached hydrogen (secondary N) is 1. The molecule has 0 aromatic carbocycles. The third-order valence-electron chi connectivity index (χ3n) is 3.44. The number of hydrogen-bond donors (Lipinski definition) is 1. The molecule has 0 aliphatic carbocycles. The molecule has 0 aliphatic rings. The van der Waals surface area contributed by atoms with Gasteiger partial charge in [0.25, 0.3) is 0 Å². The molecule has 1 heterocycles. The molecule has 2 atom stereocenters. The van der Waals surface area contributed by atoms with E-state index in [1.165, 1.54) is 6.42 Å². The van der Waals surface area contributed by atoms with Gasteiger partial charge in [-0.05, 0) is 25.3 Å². The van der Waals surface area contributed by atoms with E-state index in [0.717, 1.165) is 25.3 Å². The predicted octanol–water partition coefficient (Wildman–Crippen LogP) is 2.50. The summed E-state index contributed by atoms with van der Waals surface area (Å²) in [5, 5.41) is 7.85. The Balaban J connectivity index is 2.66. The SMILES string of the molecule is CCNC(C)C(CC)Cc1ncnn1CC(C)C. The van der Waals surface area contributed by atoms with Crippen LogP contribution in [0.3, 0.4) is 0 Å². The first-order valence-corrected chi connectivity index (χ1v) is 7.18. The highest BCUT2D eigenvalue weighted by Crippen LogP contribution is 2.15. The molecule has 0 fully saturated rings. The zero-order valence-corrected chi connectivity index (χ0v) is 12.5. The van der Waals surface area contributed by atoms with Crippen LogP contribution in [0, 0.1) is 11.8 Å². The third-order valence-corrected chi connectivity index (χ3v) is 3.44. The van der Waals surface area contributed by atoms with Crippen LogP contribution in [0.2, 0.25) is 0 Å². The molecular formula is C14H28N4. The van der Waals surface area contributed by atoms with E-state index >= 15 is 0 Å². The highest BCUT2D eigenvalue weighted by Gasteiger charge is 2.18. The summed E-state index contributed by atoms with van der Waals surface area (Å²) >= 11 is 0. The molecule has 2 unspecified atom stereocenters. The molecule has 1 N–H and O–H groups in total. The van der Waals surface area contributed by atoms with Crippen molar-refractivity contribution in [3.05, 3.63) is 12.2 Å². The lowest BCUT2D eigenvalue weighted by atomic mass is 9.94. The Labute approximate surface area is 111 Å². The molecule has 18 heavy (non-hydrogen) atoms. The summed E-state index contributed by atoms with van der Waals surface area (Å²) in [6.07, 6.45) is 3.86. The summed E-state index contributed by atoms with van der Waals surface area (Å²) in [5.74, 6) is 2.36. The summed E-state index contributed by atoms with van der Waals surface area (Å²) in [6, 6.07) is 0.532. The monoisotopic (exact) mass is 252 g/mol. The fourth-order valence-corrected chi connectivity index (χ4v) is 2.34. The number of nitrogens with zero attached hydrogens (tertiary/aromatic N) is 3. The van der Waals surface area contributed by atoms with E-state index in [9.17, 15) is 0 Å². The maximum atomic E-state index is 4.42. The van der Waals surface area contributed by atoms with Crippen LogP contribution in [0.5, 0.6) is 0 Å². The van der Waals surface area contributed by atoms with E-state index < -0.39 is 0 Å². The first-order chi connectivity index (χ1) is 8.58. The summed E-state index contributed by atoms with van der Waals surface area (Å²) in [6.45, 7) is 13.1. The number of rotatable bonds is 8. The smallest absolute Gasteiger partial charge is 0.138 e. The van der Waals surface area contributed by atoms with E-state index in [0.29, 0.717) is 17.9 Å². The highest BCUT2D eigenvalue weighted by molar-refractivity contribution is 4.90. The van der Waals surface area contributed by atoms with E-state index in [2.05, 4.69) is 54.7 Å². The summed E-state index contributed by atoms with van der Waals surface area (Å²) < 4.78 is 2.06. The molecule has 0 saturated heterocycles. The van der Waals surface area contributed by atoms with Gasteiger partial charge >= 0.3 is 0 Å². The molecule has 4 nitrogen and oxygen atoms in total. The minimum atomic E-state index is 0.532. The van der Waals surface area contributed by atoms with Gasteiger partial charge in [0.1, 0.15) is 12.2 Å². The van der Waals surface area contributed by atoms with Gasteiger partial charge in [-0.1, -0.05) is 34.1 Å². The Kier molecular flexibility index (Phi) is 6.33. The lowest BCUT2D eigenvalue weighted by Gasteiger charge is -2.23. The second-order valence-corrected chi connectivity index (χ2v) is 5.47. The van der Waals surface area contributed by atoms with Crippen molar-refractivity contribution < 1.29 is 0 Å². The van der Waals surface area contributed by atoms with Crippen LogP contribution < -0.4 is 5.32 Å². The molecule has 0 amide bonds. The van der Waals surface area contributed by atoms with E-state index in [1.807, 2.05) is 0 Å². The van der Waals surface area contributed by atoms with Crippen LogP contribution in [0.25, 0.3) is 0 Å². The molecule has 0 bridgehead atoms. The van der Waals surface area contributed by atoms with Crippen molar-refractivity contribution >= 4 is 0 Å². The molecular weight excluding hydrogens is 224 g/mol. The van der Waals surface area contributed by atoms with Crippen molar-refractivity contribution in [3.63, 3.8) is 0 Å². The Morgan fingerprint density at radius 1 is 1.28 bits per heavy atom. The normalized spacial score (nSPS) is 15.0. The van der Waals surface area contributed by atoms with Crippen molar-refractivity contribution in [2.24, 2.45) is 11.8 Å². The average molecular weight is 252 g/mol.